The molecule has 2 atom stereocenters. The second-order valence-corrected chi connectivity index (χ2v) is 8.77. The summed E-state index contributed by atoms with van der Waals surface area (Å²) in [7, 11) is -1.20. The molecule has 0 bridgehead atoms. The highest BCUT2D eigenvalue weighted by Gasteiger charge is 2.23. The smallest absolute Gasteiger partial charge is 0.191 e. The zero-order valence-corrected chi connectivity index (χ0v) is 19.1. The number of halogens is 1. The molecule has 0 amide bonds. The van der Waals surface area contributed by atoms with Gasteiger partial charge in [0.05, 0.1) is 18.9 Å². The van der Waals surface area contributed by atoms with Gasteiger partial charge in [0, 0.05) is 38.5 Å². The van der Waals surface area contributed by atoms with Crippen LogP contribution in [0.15, 0.2) is 4.99 Å². The predicted molar refractivity (Wildman–Crippen MR) is 115 cm³/mol. The molecule has 0 saturated carbocycles. The summed E-state index contributed by atoms with van der Waals surface area (Å²) in [6, 6.07) is 0.521. The van der Waals surface area contributed by atoms with Crippen molar-refractivity contribution in [1.29, 1.82) is 0 Å². The number of methoxy groups -OCH3 is 1. The summed E-state index contributed by atoms with van der Waals surface area (Å²) in [6.07, 6.45) is 4.22. The molecule has 25 heavy (non-hydrogen) atoms. The molecular formula is C16H35IN4O3S. The first-order chi connectivity index (χ1) is 11.4. The van der Waals surface area contributed by atoms with Gasteiger partial charge in [0.25, 0.3) is 0 Å². The molecule has 7 nitrogen and oxygen atoms in total. The van der Waals surface area contributed by atoms with E-state index in [9.17, 15) is 8.42 Å². The van der Waals surface area contributed by atoms with Gasteiger partial charge in [-0.25, -0.2) is 8.42 Å². The Kier molecular flexibility index (Phi) is 13.0. The number of sulfone groups is 1. The number of likely N-dealkylation sites (tertiary alicyclic amines) is 1. The Morgan fingerprint density at radius 2 is 2.16 bits per heavy atom. The SMILES string of the molecule is CCNC(=NCC1CCCN1CCOC)NC(C)CCS(C)(=O)=O.I. The second-order valence-electron chi connectivity index (χ2n) is 6.51. The number of ether oxygens (including phenoxy) is 1. The van der Waals surface area contributed by atoms with E-state index in [0.29, 0.717) is 12.5 Å². The molecule has 0 aromatic rings. The molecule has 9 heteroatoms. The van der Waals surface area contributed by atoms with Crippen LogP contribution in [0.1, 0.15) is 33.1 Å². The molecule has 1 heterocycles. The molecular weight excluding hydrogens is 455 g/mol. The van der Waals surface area contributed by atoms with Gasteiger partial charge in [0.2, 0.25) is 0 Å². The maximum atomic E-state index is 11.3. The molecule has 1 saturated heterocycles. The van der Waals surface area contributed by atoms with Crippen molar-refractivity contribution >= 4 is 39.8 Å². The monoisotopic (exact) mass is 490 g/mol. The molecule has 2 unspecified atom stereocenters. The normalized spacial score (nSPS) is 20.2. The average Bonchev–Trinajstić information content (AvgIpc) is 2.95. The lowest BCUT2D eigenvalue weighted by Crippen LogP contribution is -2.44. The van der Waals surface area contributed by atoms with Gasteiger partial charge in [-0.3, -0.25) is 9.89 Å². The van der Waals surface area contributed by atoms with Crippen molar-refractivity contribution in [3.63, 3.8) is 0 Å². The summed E-state index contributed by atoms with van der Waals surface area (Å²) in [6.45, 7) is 8.35. The third kappa shape index (κ3) is 11.2. The summed E-state index contributed by atoms with van der Waals surface area (Å²) in [5, 5.41) is 6.54. The first-order valence-corrected chi connectivity index (χ1v) is 10.9. The number of nitrogens with one attached hydrogen (secondary N) is 2. The van der Waals surface area contributed by atoms with E-state index in [-0.39, 0.29) is 35.8 Å². The Morgan fingerprint density at radius 1 is 1.44 bits per heavy atom. The van der Waals surface area contributed by atoms with Crippen LogP contribution in [0.25, 0.3) is 0 Å². The number of rotatable bonds is 10. The van der Waals surface area contributed by atoms with Crippen LogP contribution in [0.3, 0.4) is 0 Å². The largest absolute Gasteiger partial charge is 0.383 e. The van der Waals surface area contributed by atoms with Gasteiger partial charge in [-0.1, -0.05) is 0 Å². The molecule has 0 aromatic carbocycles. The second kappa shape index (κ2) is 13.1. The van der Waals surface area contributed by atoms with Crippen LogP contribution in [0.4, 0.5) is 0 Å². The molecule has 1 aliphatic rings. The highest BCUT2D eigenvalue weighted by Crippen LogP contribution is 2.16. The third-order valence-corrected chi connectivity index (χ3v) is 5.17. The fraction of sp³-hybridized carbons (Fsp3) is 0.938. The Labute approximate surface area is 170 Å². The van der Waals surface area contributed by atoms with Crippen molar-refractivity contribution in [2.75, 3.05) is 51.9 Å². The van der Waals surface area contributed by atoms with Crippen LogP contribution >= 0.6 is 24.0 Å². The van der Waals surface area contributed by atoms with Gasteiger partial charge < -0.3 is 15.4 Å². The number of guanidine groups is 1. The highest BCUT2D eigenvalue weighted by molar-refractivity contribution is 14.0. The molecule has 0 spiro atoms. The maximum absolute atomic E-state index is 11.3. The molecule has 1 fully saturated rings. The third-order valence-electron chi connectivity index (χ3n) is 4.19. The minimum Gasteiger partial charge on any atom is -0.383 e. The molecule has 0 radical (unpaired) electrons. The standard InChI is InChI=1S/C16H34N4O3S.HI/c1-5-17-16(19-14(2)8-12-24(4,21)22)18-13-15-7-6-9-20(15)10-11-23-3;/h14-15H,5-13H2,1-4H3,(H2,17,18,19);1H. The van der Waals surface area contributed by atoms with Crippen molar-refractivity contribution in [3.05, 3.63) is 0 Å². The Balaban J connectivity index is 0.00000576. The van der Waals surface area contributed by atoms with E-state index >= 15 is 0 Å². The zero-order valence-electron chi connectivity index (χ0n) is 16.0. The lowest BCUT2D eigenvalue weighted by Gasteiger charge is -2.23. The van der Waals surface area contributed by atoms with Crippen molar-refractivity contribution in [1.82, 2.24) is 15.5 Å². The van der Waals surface area contributed by atoms with E-state index in [1.165, 1.54) is 12.7 Å². The molecule has 1 aliphatic heterocycles. The summed E-state index contributed by atoms with van der Waals surface area (Å²) in [5.74, 6) is 0.950. The Morgan fingerprint density at radius 3 is 2.76 bits per heavy atom. The predicted octanol–water partition coefficient (Wildman–Crippen LogP) is 1.09. The van der Waals surface area contributed by atoms with E-state index in [0.717, 1.165) is 45.2 Å². The summed E-state index contributed by atoms with van der Waals surface area (Å²) < 4.78 is 27.7. The maximum Gasteiger partial charge on any atom is 0.191 e. The molecule has 0 aliphatic carbocycles. The van der Waals surface area contributed by atoms with Crippen molar-refractivity contribution in [2.24, 2.45) is 4.99 Å². The molecule has 0 aromatic heterocycles. The van der Waals surface area contributed by atoms with Gasteiger partial charge in [-0.05, 0) is 39.7 Å². The van der Waals surface area contributed by atoms with Gasteiger partial charge in [-0.2, -0.15) is 0 Å². The lowest BCUT2D eigenvalue weighted by atomic mass is 10.2. The van der Waals surface area contributed by atoms with E-state index in [1.807, 2.05) is 13.8 Å². The first kappa shape index (κ1) is 24.9. The minimum absolute atomic E-state index is 0. The van der Waals surface area contributed by atoms with Gasteiger partial charge in [0.1, 0.15) is 9.84 Å². The number of nitrogens with zero attached hydrogens (tertiary/aromatic N) is 2. The van der Waals surface area contributed by atoms with Crippen LogP contribution in [0, 0.1) is 0 Å². The van der Waals surface area contributed by atoms with Crippen molar-refractivity contribution in [3.8, 4) is 0 Å². The highest BCUT2D eigenvalue weighted by atomic mass is 127. The Bertz CT molecular complexity index is 488. The van der Waals surface area contributed by atoms with Crippen molar-refractivity contribution < 1.29 is 13.2 Å². The van der Waals surface area contributed by atoms with Crippen LogP contribution in [-0.4, -0.2) is 83.3 Å². The molecule has 1 rings (SSSR count). The van der Waals surface area contributed by atoms with E-state index in [2.05, 4.69) is 15.5 Å². The van der Waals surface area contributed by atoms with Gasteiger partial charge in [-0.15, -0.1) is 24.0 Å². The fourth-order valence-corrected chi connectivity index (χ4v) is 3.60. The quantitative estimate of drug-likeness (QED) is 0.271. The number of hydrogen-bond acceptors (Lipinski definition) is 5. The number of hydrogen-bond donors (Lipinski definition) is 2. The van der Waals surface area contributed by atoms with Gasteiger partial charge >= 0.3 is 0 Å². The van der Waals surface area contributed by atoms with Crippen molar-refractivity contribution in [2.45, 2.75) is 45.2 Å². The van der Waals surface area contributed by atoms with E-state index < -0.39 is 9.84 Å². The van der Waals surface area contributed by atoms with Crippen LogP contribution < -0.4 is 10.6 Å². The van der Waals surface area contributed by atoms with Crippen LogP contribution in [0.2, 0.25) is 0 Å². The lowest BCUT2D eigenvalue weighted by molar-refractivity contribution is 0.142. The van der Waals surface area contributed by atoms with Crippen LogP contribution in [0.5, 0.6) is 0 Å². The molecule has 2 N–H and O–H groups in total. The fourth-order valence-electron chi connectivity index (χ4n) is 2.82. The average molecular weight is 490 g/mol. The van der Waals surface area contributed by atoms with E-state index in [4.69, 9.17) is 9.73 Å². The number of aliphatic imine (C=N–C) groups is 1. The summed E-state index contributed by atoms with van der Waals surface area (Å²) >= 11 is 0. The topological polar surface area (TPSA) is 83.0 Å². The van der Waals surface area contributed by atoms with Gasteiger partial charge in [0.15, 0.2) is 5.96 Å². The van der Waals surface area contributed by atoms with E-state index in [1.54, 1.807) is 7.11 Å². The summed E-state index contributed by atoms with van der Waals surface area (Å²) in [4.78, 5) is 7.13. The molecule has 150 valence electrons. The first-order valence-electron chi connectivity index (χ1n) is 8.81. The Hall–Kier alpha value is -0.130. The zero-order chi connectivity index (χ0) is 18.0. The van der Waals surface area contributed by atoms with Crippen LogP contribution in [-0.2, 0) is 14.6 Å². The summed E-state index contributed by atoms with van der Waals surface area (Å²) in [5.41, 5.74) is 0. The minimum atomic E-state index is -2.93.